The molecule has 0 radical (unpaired) electrons. The summed E-state index contributed by atoms with van der Waals surface area (Å²) >= 11 is 8.47. The van der Waals surface area contributed by atoms with Crippen LogP contribution < -0.4 is 4.90 Å². The number of ether oxygens (including phenoxy) is 1. The first-order valence-corrected chi connectivity index (χ1v) is 12.9. The van der Waals surface area contributed by atoms with E-state index < -0.39 is 0 Å². The molecule has 1 aliphatic heterocycles. The van der Waals surface area contributed by atoms with E-state index in [1.807, 2.05) is 12.5 Å². The molecule has 0 spiro atoms. The third-order valence-corrected chi connectivity index (χ3v) is 7.84. The maximum atomic E-state index is 6.92. The van der Waals surface area contributed by atoms with Crippen molar-refractivity contribution in [1.29, 1.82) is 0 Å². The zero-order valence-corrected chi connectivity index (χ0v) is 20.7. The van der Waals surface area contributed by atoms with Crippen LogP contribution in [0.4, 0.5) is 5.82 Å². The van der Waals surface area contributed by atoms with Gasteiger partial charge in [0, 0.05) is 30.2 Å². The molecule has 0 N–H and O–H groups in total. The zero-order valence-electron chi connectivity index (χ0n) is 19.1. The molecule has 1 saturated carbocycles. The maximum Gasteiger partial charge on any atom is 0.187 e. The average molecular weight is 469 g/mol. The van der Waals surface area contributed by atoms with Gasteiger partial charge in [0.25, 0.3) is 0 Å². The van der Waals surface area contributed by atoms with Crippen LogP contribution in [0, 0.1) is 13.8 Å². The number of fused-ring (bicyclic) bond motifs is 1. The molecule has 1 aromatic carbocycles. The number of benzene rings is 1. The number of morpholine rings is 1. The van der Waals surface area contributed by atoms with Crippen LogP contribution >= 0.6 is 23.4 Å². The minimum Gasteiger partial charge on any atom is -0.375 e. The Balaban J connectivity index is 1.73. The Morgan fingerprint density at radius 3 is 2.69 bits per heavy atom. The summed E-state index contributed by atoms with van der Waals surface area (Å²) in [6.07, 6.45) is 7.89. The Hall–Kier alpha value is -1.89. The topological polar surface area (TPSA) is 51.1 Å². The van der Waals surface area contributed by atoms with E-state index >= 15 is 0 Å². The number of aryl methyl sites for hydroxylation is 1. The summed E-state index contributed by atoms with van der Waals surface area (Å²) in [4.78, 5) is 16.9. The van der Waals surface area contributed by atoms with Gasteiger partial charge in [0.2, 0.25) is 0 Å². The summed E-state index contributed by atoms with van der Waals surface area (Å²) in [6, 6.07) is 4.38. The molecule has 1 unspecified atom stereocenters. The summed E-state index contributed by atoms with van der Waals surface area (Å²) in [5.74, 6) is 1.53. The highest BCUT2D eigenvalue weighted by molar-refractivity contribution is 7.98. The lowest BCUT2D eigenvalue weighted by Gasteiger charge is -2.33. The van der Waals surface area contributed by atoms with Gasteiger partial charge in [0.15, 0.2) is 11.0 Å². The molecule has 3 aromatic rings. The summed E-state index contributed by atoms with van der Waals surface area (Å²) in [5.41, 5.74) is 6.63. The predicted octanol–water partition coefficient (Wildman–Crippen LogP) is 6.18. The number of pyridine rings is 1. The molecule has 7 heteroatoms. The molecule has 32 heavy (non-hydrogen) atoms. The first-order valence-electron chi connectivity index (χ1n) is 11.3. The van der Waals surface area contributed by atoms with Crippen molar-refractivity contribution in [2.75, 3.05) is 30.9 Å². The van der Waals surface area contributed by atoms with Gasteiger partial charge in [-0.15, -0.1) is 0 Å². The molecule has 3 heterocycles. The second kappa shape index (κ2) is 8.81. The van der Waals surface area contributed by atoms with E-state index in [1.54, 1.807) is 11.8 Å². The zero-order chi connectivity index (χ0) is 22.4. The number of halogens is 1. The summed E-state index contributed by atoms with van der Waals surface area (Å²) in [7, 11) is 0. The Bertz CT molecular complexity index is 1180. The fourth-order valence-electron chi connectivity index (χ4n) is 4.82. The quantitative estimate of drug-likeness (QED) is 0.336. The maximum absolute atomic E-state index is 6.92. The van der Waals surface area contributed by atoms with Gasteiger partial charge in [0.05, 0.1) is 23.4 Å². The van der Waals surface area contributed by atoms with Gasteiger partial charge in [-0.25, -0.2) is 15.0 Å². The summed E-state index contributed by atoms with van der Waals surface area (Å²) in [5, 5.41) is 2.54. The van der Waals surface area contributed by atoms with Crippen LogP contribution in [0.3, 0.4) is 0 Å². The van der Waals surface area contributed by atoms with Crippen molar-refractivity contribution in [3.05, 3.63) is 40.0 Å². The number of anilines is 1. The molecule has 1 saturated heterocycles. The number of thioether (sulfide) groups is 1. The highest BCUT2D eigenvalue weighted by Crippen LogP contribution is 2.44. The normalized spacial score (nSPS) is 19.4. The lowest BCUT2D eigenvalue weighted by Crippen LogP contribution is -2.41. The number of hydrogen-bond acceptors (Lipinski definition) is 6. The second-order valence-corrected chi connectivity index (χ2v) is 10.1. The van der Waals surface area contributed by atoms with Crippen molar-refractivity contribution in [2.45, 2.75) is 57.2 Å². The van der Waals surface area contributed by atoms with Gasteiger partial charge in [-0.05, 0) is 68.5 Å². The molecule has 5 nitrogen and oxygen atoms in total. The number of hydrogen-bond donors (Lipinski definition) is 0. The molecule has 2 aromatic heterocycles. The van der Waals surface area contributed by atoms with Gasteiger partial charge in [0.1, 0.15) is 5.52 Å². The number of aromatic nitrogens is 3. The van der Waals surface area contributed by atoms with Crippen LogP contribution in [0.25, 0.3) is 22.2 Å². The molecule has 168 valence electrons. The summed E-state index contributed by atoms with van der Waals surface area (Å²) < 4.78 is 5.79. The van der Waals surface area contributed by atoms with Gasteiger partial charge < -0.3 is 9.64 Å². The highest BCUT2D eigenvalue weighted by atomic mass is 35.5. The predicted molar refractivity (Wildman–Crippen MR) is 133 cm³/mol. The van der Waals surface area contributed by atoms with Crippen LogP contribution in [0.15, 0.2) is 23.5 Å². The molecular weight excluding hydrogens is 440 g/mol. The van der Waals surface area contributed by atoms with E-state index in [-0.39, 0.29) is 6.10 Å². The van der Waals surface area contributed by atoms with E-state index in [0.29, 0.717) is 12.5 Å². The molecule has 1 atom stereocenters. The van der Waals surface area contributed by atoms with Crippen LogP contribution in [0.2, 0.25) is 5.02 Å². The third kappa shape index (κ3) is 3.87. The number of rotatable bonds is 4. The molecule has 2 aliphatic rings. The van der Waals surface area contributed by atoms with E-state index in [1.165, 1.54) is 30.4 Å². The average Bonchev–Trinajstić information content (AvgIpc) is 2.75. The standard InChI is InChI=1S/C25H29ClN4OS/c1-14-10-19(17-6-5-7-17)16(3)21(22(14)26)20-11-18-12-27-25(32-4)29-23(18)24(28-20)30-8-9-31-15(2)13-30/h10-12,15,17H,5-9,13H2,1-4H3. The van der Waals surface area contributed by atoms with Crippen molar-refractivity contribution in [2.24, 2.45) is 0 Å². The highest BCUT2D eigenvalue weighted by Gasteiger charge is 2.27. The Labute approximate surface area is 198 Å². The van der Waals surface area contributed by atoms with Crippen LogP contribution in [0.5, 0.6) is 0 Å². The molecule has 0 bridgehead atoms. The van der Waals surface area contributed by atoms with Crippen LogP contribution in [0.1, 0.15) is 48.8 Å². The molecule has 5 rings (SSSR count). The minimum atomic E-state index is 0.153. The van der Waals surface area contributed by atoms with Gasteiger partial charge in [-0.1, -0.05) is 35.9 Å². The van der Waals surface area contributed by atoms with Crippen molar-refractivity contribution < 1.29 is 4.74 Å². The lowest BCUT2D eigenvalue weighted by atomic mass is 9.76. The van der Waals surface area contributed by atoms with Crippen molar-refractivity contribution in [3.63, 3.8) is 0 Å². The smallest absolute Gasteiger partial charge is 0.187 e. The summed E-state index contributed by atoms with van der Waals surface area (Å²) in [6.45, 7) is 8.68. The van der Waals surface area contributed by atoms with Crippen LogP contribution in [-0.2, 0) is 4.74 Å². The first kappa shape index (κ1) is 21.9. The van der Waals surface area contributed by atoms with Crippen molar-refractivity contribution in [1.82, 2.24) is 15.0 Å². The first-order chi connectivity index (χ1) is 15.5. The van der Waals surface area contributed by atoms with E-state index in [9.17, 15) is 0 Å². The minimum absolute atomic E-state index is 0.153. The fraction of sp³-hybridized carbons (Fsp3) is 0.480. The molecular formula is C25H29ClN4OS. The van der Waals surface area contributed by atoms with Crippen LogP contribution in [-0.4, -0.2) is 47.0 Å². The third-order valence-electron chi connectivity index (χ3n) is 6.80. The van der Waals surface area contributed by atoms with Gasteiger partial charge >= 0.3 is 0 Å². The Morgan fingerprint density at radius 1 is 1.19 bits per heavy atom. The molecule has 1 aliphatic carbocycles. The van der Waals surface area contributed by atoms with Gasteiger partial charge in [-0.3, -0.25) is 0 Å². The van der Waals surface area contributed by atoms with E-state index in [4.69, 9.17) is 26.3 Å². The largest absolute Gasteiger partial charge is 0.375 e. The molecule has 0 amide bonds. The Morgan fingerprint density at radius 2 is 2.00 bits per heavy atom. The lowest BCUT2D eigenvalue weighted by molar-refractivity contribution is 0.0530. The Kier molecular flexibility index (Phi) is 6.03. The van der Waals surface area contributed by atoms with E-state index in [2.05, 4.69) is 42.8 Å². The fourth-order valence-corrected chi connectivity index (χ4v) is 5.46. The SMILES string of the molecule is CSc1ncc2cc(-c3c(C)c(C4CCC4)cc(C)c3Cl)nc(N3CCOC(C)C3)c2n1. The molecule has 2 fully saturated rings. The van der Waals surface area contributed by atoms with E-state index in [0.717, 1.165) is 56.8 Å². The monoisotopic (exact) mass is 468 g/mol. The second-order valence-electron chi connectivity index (χ2n) is 8.98. The van der Waals surface area contributed by atoms with Crippen molar-refractivity contribution >= 4 is 40.1 Å². The van der Waals surface area contributed by atoms with Gasteiger partial charge in [-0.2, -0.15) is 0 Å². The van der Waals surface area contributed by atoms with Crippen molar-refractivity contribution in [3.8, 4) is 11.3 Å². The number of nitrogens with zero attached hydrogens (tertiary/aromatic N) is 4.